The molecule has 0 heterocycles. The maximum absolute atomic E-state index is 12.1. The van der Waals surface area contributed by atoms with Crippen LogP contribution in [0, 0.1) is 0 Å². The Morgan fingerprint density at radius 3 is 1.96 bits per heavy atom. The van der Waals surface area contributed by atoms with Gasteiger partial charge < -0.3 is 0 Å². The van der Waals surface area contributed by atoms with Gasteiger partial charge in [0.1, 0.15) is 0 Å². The quantitative estimate of drug-likeness (QED) is 0.698. The Morgan fingerprint density at radius 2 is 1.38 bits per heavy atom. The highest BCUT2D eigenvalue weighted by Crippen LogP contribution is 2.14. The van der Waals surface area contributed by atoms with Crippen LogP contribution in [0.2, 0.25) is 0 Å². The largest absolute Gasteiger partial charge is 0.242 e. The molecule has 0 spiro atoms. The van der Waals surface area contributed by atoms with Crippen molar-refractivity contribution in [3.8, 4) is 0 Å². The van der Waals surface area contributed by atoms with Gasteiger partial charge in [0.2, 0.25) is 20.0 Å². The molecule has 8 heteroatoms. The lowest BCUT2D eigenvalue weighted by molar-refractivity contribution is 0.520. The van der Waals surface area contributed by atoms with E-state index in [4.69, 9.17) is 0 Å². The summed E-state index contributed by atoms with van der Waals surface area (Å²) in [5, 5.41) is 0. The monoisotopic (exact) mass is 396 g/mol. The Kier molecular flexibility index (Phi) is 6.94. The molecule has 0 amide bonds. The highest BCUT2D eigenvalue weighted by Gasteiger charge is 2.17. The van der Waals surface area contributed by atoms with Crippen LogP contribution in [0.15, 0.2) is 59.5 Å². The standard InChI is InChI=1S/C18H24N2O4S2/c1-20(2)26(23,24)18-10-8-17(9-11-18)13-15-25(21,22)19-14-12-16-6-4-3-5-7-16/h3-11,19H,12-15H2,1-2H3. The third-order valence-electron chi connectivity index (χ3n) is 3.94. The van der Waals surface area contributed by atoms with E-state index in [2.05, 4.69) is 4.72 Å². The number of sulfonamides is 2. The number of aryl methyl sites for hydroxylation is 1. The second kappa shape index (κ2) is 8.77. The number of benzene rings is 2. The minimum absolute atomic E-state index is 0.0401. The maximum atomic E-state index is 12.1. The molecule has 2 aromatic rings. The Labute approximate surface area is 156 Å². The molecule has 0 unspecified atom stereocenters. The zero-order valence-electron chi connectivity index (χ0n) is 14.9. The third-order valence-corrected chi connectivity index (χ3v) is 7.15. The first-order chi connectivity index (χ1) is 12.2. The van der Waals surface area contributed by atoms with Crippen molar-refractivity contribution in [2.24, 2.45) is 0 Å². The summed E-state index contributed by atoms with van der Waals surface area (Å²) in [6.07, 6.45) is 0.958. The summed E-state index contributed by atoms with van der Waals surface area (Å²) in [5.41, 5.74) is 1.85. The lowest BCUT2D eigenvalue weighted by Gasteiger charge is -2.12. The molecule has 0 atom stereocenters. The van der Waals surface area contributed by atoms with E-state index in [1.807, 2.05) is 30.3 Å². The molecule has 1 N–H and O–H groups in total. The summed E-state index contributed by atoms with van der Waals surface area (Å²) >= 11 is 0. The molecule has 0 fully saturated rings. The van der Waals surface area contributed by atoms with E-state index in [9.17, 15) is 16.8 Å². The summed E-state index contributed by atoms with van der Waals surface area (Å²) in [6.45, 7) is 0.354. The molecule has 0 aliphatic rings. The molecule has 0 radical (unpaired) electrons. The van der Waals surface area contributed by atoms with Gasteiger partial charge in [0.25, 0.3) is 0 Å². The van der Waals surface area contributed by atoms with Gasteiger partial charge in [-0.25, -0.2) is 25.9 Å². The van der Waals surface area contributed by atoms with E-state index in [0.717, 1.165) is 15.4 Å². The Bertz CT molecular complexity index is 907. The zero-order valence-corrected chi connectivity index (χ0v) is 16.6. The Morgan fingerprint density at radius 1 is 0.808 bits per heavy atom. The van der Waals surface area contributed by atoms with Gasteiger partial charge in [-0.1, -0.05) is 42.5 Å². The fourth-order valence-electron chi connectivity index (χ4n) is 2.36. The topological polar surface area (TPSA) is 83.6 Å². The van der Waals surface area contributed by atoms with Crippen LogP contribution in [0.25, 0.3) is 0 Å². The minimum atomic E-state index is -3.47. The molecule has 142 valence electrons. The summed E-state index contributed by atoms with van der Waals surface area (Å²) < 4.78 is 52.0. The predicted octanol–water partition coefficient (Wildman–Crippen LogP) is 1.64. The molecule has 2 aromatic carbocycles. The minimum Gasteiger partial charge on any atom is -0.215 e. The van der Waals surface area contributed by atoms with Gasteiger partial charge in [-0.05, 0) is 36.1 Å². The summed E-state index contributed by atoms with van der Waals surface area (Å²) in [7, 11) is -3.91. The van der Waals surface area contributed by atoms with Crippen LogP contribution in [-0.4, -0.2) is 47.5 Å². The number of hydrogen-bond donors (Lipinski definition) is 1. The normalized spacial score (nSPS) is 12.4. The smallest absolute Gasteiger partial charge is 0.215 e. The first-order valence-corrected chi connectivity index (χ1v) is 11.3. The van der Waals surface area contributed by atoms with E-state index in [-0.39, 0.29) is 10.6 Å². The average Bonchev–Trinajstić information content (AvgIpc) is 2.61. The van der Waals surface area contributed by atoms with Crippen LogP contribution in [0.3, 0.4) is 0 Å². The highest BCUT2D eigenvalue weighted by atomic mass is 32.2. The van der Waals surface area contributed by atoms with Gasteiger partial charge in [-0.3, -0.25) is 0 Å². The van der Waals surface area contributed by atoms with Crippen molar-refractivity contribution in [3.63, 3.8) is 0 Å². The number of nitrogens with one attached hydrogen (secondary N) is 1. The highest BCUT2D eigenvalue weighted by molar-refractivity contribution is 7.89. The first kappa shape index (κ1) is 20.6. The van der Waals surface area contributed by atoms with Gasteiger partial charge in [-0.15, -0.1) is 0 Å². The molecule has 26 heavy (non-hydrogen) atoms. The third kappa shape index (κ3) is 5.91. The Balaban J connectivity index is 1.87. The number of nitrogens with zero attached hydrogens (tertiary/aromatic N) is 1. The average molecular weight is 397 g/mol. The van der Waals surface area contributed by atoms with Crippen molar-refractivity contribution in [1.29, 1.82) is 0 Å². The van der Waals surface area contributed by atoms with Gasteiger partial charge in [0.15, 0.2) is 0 Å². The van der Waals surface area contributed by atoms with Crippen molar-refractivity contribution >= 4 is 20.0 Å². The SMILES string of the molecule is CN(C)S(=O)(=O)c1ccc(CCS(=O)(=O)NCCc2ccccc2)cc1. The molecule has 0 aromatic heterocycles. The molecule has 0 aliphatic heterocycles. The van der Waals surface area contributed by atoms with E-state index < -0.39 is 20.0 Å². The zero-order chi connectivity index (χ0) is 19.2. The Hall–Kier alpha value is -1.74. The van der Waals surface area contributed by atoms with Crippen LogP contribution in [-0.2, 0) is 32.9 Å². The van der Waals surface area contributed by atoms with Crippen LogP contribution in [0.5, 0.6) is 0 Å². The molecular formula is C18H24N2O4S2. The second-order valence-corrected chi connectivity index (χ2v) is 10.2. The first-order valence-electron chi connectivity index (χ1n) is 8.23. The lowest BCUT2D eigenvalue weighted by Crippen LogP contribution is -2.29. The van der Waals surface area contributed by atoms with Crippen molar-refractivity contribution in [2.75, 3.05) is 26.4 Å². The van der Waals surface area contributed by atoms with Gasteiger partial charge in [-0.2, -0.15) is 0 Å². The van der Waals surface area contributed by atoms with Crippen molar-refractivity contribution in [1.82, 2.24) is 9.03 Å². The van der Waals surface area contributed by atoms with Crippen LogP contribution < -0.4 is 4.72 Å². The second-order valence-electron chi connectivity index (χ2n) is 6.13. The molecule has 0 bridgehead atoms. The van der Waals surface area contributed by atoms with E-state index in [0.29, 0.717) is 19.4 Å². The van der Waals surface area contributed by atoms with Crippen molar-refractivity contribution in [3.05, 3.63) is 65.7 Å². The molecular weight excluding hydrogens is 372 g/mol. The maximum Gasteiger partial charge on any atom is 0.242 e. The molecule has 2 rings (SSSR count). The van der Waals surface area contributed by atoms with Gasteiger partial charge in [0.05, 0.1) is 10.6 Å². The van der Waals surface area contributed by atoms with Crippen LogP contribution >= 0.6 is 0 Å². The fraction of sp³-hybridized carbons (Fsp3) is 0.333. The summed E-state index contributed by atoms with van der Waals surface area (Å²) in [4.78, 5) is 0.190. The molecule has 0 saturated carbocycles. The predicted molar refractivity (Wildman–Crippen MR) is 103 cm³/mol. The van der Waals surface area contributed by atoms with E-state index in [1.54, 1.807) is 12.1 Å². The lowest BCUT2D eigenvalue weighted by atomic mass is 10.2. The number of rotatable bonds is 9. The fourth-order valence-corrected chi connectivity index (χ4v) is 4.32. The van der Waals surface area contributed by atoms with Crippen molar-refractivity contribution in [2.45, 2.75) is 17.7 Å². The van der Waals surface area contributed by atoms with Crippen LogP contribution in [0.1, 0.15) is 11.1 Å². The number of hydrogen-bond acceptors (Lipinski definition) is 4. The van der Waals surface area contributed by atoms with Gasteiger partial charge >= 0.3 is 0 Å². The summed E-state index contributed by atoms with van der Waals surface area (Å²) in [5.74, 6) is -0.0401. The summed E-state index contributed by atoms with van der Waals surface area (Å²) in [6, 6.07) is 16.0. The van der Waals surface area contributed by atoms with Crippen molar-refractivity contribution < 1.29 is 16.8 Å². The van der Waals surface area contributed by atoms with E-state index >= 15 is 0 Å². The molecule has 0 aliphatic carbocycles. The van der Waals surface area contributed by atoms with Crippen LogP contribution in [0.4, 0.5) is 0 Å². The van der Waals surface area contributed by atoms with Gasteiger partial charge in [0, 0.05) is 20.6 Å². The molecule has 0 saturated heterocycles. The molecule has 6 nitrogen and oxygen atoms in total. The van der Waals surface area contributed by atoms with E-state index in [1.165, 1.54) is 26.2 Å².